The molecule has 0 spiro atoms. The third-order valence-corrected chi connectivity index (χ3v) is 4.06. The van der Waals surface area contributed by atoms with Gasteiger partial charge in [-0.1, -0.05) is 60.7 Å². The molecule has 1 atom stereocenters. The van der Waals surface area contributed by atoms with Crippen LogP contribution in [0.4, 0.5) is 0 Å². The Bertz CT molecular complexity index is 920. The van der Waals surface area contributed by atoms with Crippen molar-refractivity contribution in [2.45, 2.75) is 12.5 Å². The van der Waals surface area contributed by atoms with Crippen molar-refractivity contribution < 1.29 is 23.5 Å². The number of hydrogen-bond acceptors (Lipinski definition) is 5. The summed E-state index contributed by atoms with van der Waals surface area (Å²) in [6.07, 6.45) is 1.60. The molecule has 0 fully saturated rings. The number of rotatable bonds is 8. The minimum absolute atomic E-state index is 0.0891. The number of ether oxygens (including phenoxy) is 1. The van der Waals surface area contributed by atoms with Crippen LogP contribution in [-0.2, 0) is 16.0 Å². The molecule has 0 radical (unpaired) electrons. The molecule has 3 rings (SSSR count). The van der Waals surface area contributed by atoms with Crippen LogP contribution in [0, 0.1) is 0 Å². The van der Waals surface area contributed by atoms with Crippen LogP contribution in [0.5, 0.6) is 0 Å². The lowest BCUT2D eigenvalue weighted by Gasteiger charge is -2.17. The second-order valence-electron chi connectivity index (χ2n) is 6.09. The van der Waals surface area contributed by atoms with Crippen molar-refractivity contribution in [1.82, 2.24) is 5.32 Å². The van der Waals surface area contributed by atoms with Crippen LogP contribution in [0.25, 0.3) is 0 Å². The molecule has 0 aliphatic rings. The maximum Gasteiger partial charge on any atom is 0.329 e. The van der Waals surface area contributed by atoms with Gasteiger partial charge in [-0.2, -0.15) is 0 Å². The number of amides is 1. The van der Waals surface area contributed by atoms with E-state index in [1.54, 1.807) is 36.4 Å². The molecule has 28 heavy (non-hydrogen) atoms. The van der Waals surface area contributed by atoms with Crippen LogP contribution in [-0.4, -0.2) is 30.3 Å². The second-order valence-corrected chi connectivity index (χ2v) is 6.09. The summed E-state index contributed by atoms with van der Waals surface area (Å²) in [5.41, 5.74) is 1.30. The molecule has 6 heteroatoms. The van der Waals surface area contributed by atoms with Crippen LogP contribution in [0.3, 0.4) is 0 Å². The summed E-state index contributed by atoms with van der Waals surface area (Å²) in [6.45, 7) is -0.398. The van der Waals surface area contributed by atoms with Gasteiger partial charge >= 0.3 is 5.97 Å². The molecule has 1 heterocycles. The normalized spacial score (nSPS) is 11.4. The first-order valence-corrected chi connectivity index (χ1v) is 8.76. The molecule has 1 aromatic heterocycles. The minimum atomic E-state index is -0.955. The van der Waals surface area contributed by atoms with Gasteiger partial charge < -0.3 is 14.5 Å². The Morgan fingerprint density at radius 3 is 2.21 bits per heavy atom. The van der Waals surface area contributed by atoms with Gasteiger partial charge in [0.15, 0.2) is 18.2 Å². The van der Waals surface area contributed by atoms with Crippen LogP contribution < -0.4 is 5.32 Å². The van der Waals surface area contributed by atoms with Crippen LogP contribution >= 0.6 is 0 Å². The van der Waals surface area contributed by atoms with Crippen molar-refractivity contribution in [3.63, 3.8) is 0 Å². The van der Waals surface area contributed by atoms with Gasteiger partial charge in [-0.05, 0) is 17.7 Å². The third kappa shape index (κ3) is 5.17. The first kappa shape index (κ1) is 19.1. The Balaban J connectivity index is 1.67. The van der Waals surface area contributed by atoms with E-state index in [0.717, 1.165) is 5.56 Å². The maximum absolute atomic E-state index is 12.6. The molecule has 2 aromatic carbocycles. The van der Waals surface area contributed by atoms with Gasteiger partial charge in [0, 0.05) is 12.0 Å². The number of carbonyl (C=O) groups excluding carboxylic acids is 3. The highest BCUT2D eigenvalue weighted by molar-refractivity contribution is 5.98. The number of ketones is 1. The second kappa shape index (κ2) is 9.32. The van der Waals surface area contributed by atoms with Crippen LogP contribution in [0.15, 0.2) is 83.5 Å². The number of nitrogens with one attached hydrogen (secondary N) is 1. The number of furan rings is 1. The lowest BCUT2D eigenvalue weighted by molar-refractivity contribution is -0.144. The summed E-state index contributed by atoms with van der Waals surface area (Å²) in [5, 5.41) is 2.61. The predicted molar refractivity (Wildman–Crippen MR) is 102 cm³/mol. The van der Waals surface area contributed by atoms with E-state index in [1.807, 2.05) is 30.3 Å². The largest absolute Gasteiger partial charge is 0.459 e. The molecule has 0 aliphatic heterocycles. The van der Waals surface area contributed by atoms with Gasteiger partial charge in [0.05, 0.1) is 6.26 Å². The van der Waals surface area contributed by atoms with E-state index in [4.69, 9.17) is 9.15 Å². The topological polar surface area (TPSA) is 85.6 Å². The molecule has 0 aliphatic carbocycles. The number of carbonyl (C=O) groups is 3. The zero-order valence-electron chi connectivity index (χ0n) is 15.0. The fourth-order valence-electron chi connectivity index (χ4n) is 2.62. The molecule has 0 saturated carbocycles. The average Bonchev–Trinajstić information content (AvgIpc) is 3.28. The Hall–Kier alpha value is -3.67. The summed E-state index contributed by atoms with van der Waals surface area (Å²) in [6, 6.07) is 19.9. The smallest absolute Gasteiger partial charge is 0.329 e. The molecule has 1 amide bonds. The summed E-state index contributed by atoms with van der Waals surface area (Å²) < 4.78 is 10.2. The lowest BCUT2D eigenvalue weighted by atomic mass is 10.1. The van der Waals surface area contributed by atoms with Crippen molar-refractivity contribution in [2.24, 2.45) is 0 Å². The monoisotopic (exact) mass is 377 g/mol. The SMILES string of the molecule is O=C(COC(=O)[C@H](Cc1ccccc1)NC(=O)c1ccco1)c1ccccc1. The maximum atomic E-state index is 12.6. The number of Topliss-reactive ketones (excluding diaryl/α,β-unsaturated/α-hetero) is 1. The van der Waals surface area contributed by atoms with Gasteiger partial charge in [0.25, 0.3) is 5.91 Å². The summed E-state index contributed by atoms with van der Waals surface area (Å²) in [4.78, 5) is 37.0. The Kier molecular flexibility index (Phi) is 6.36. The van der Waals surface area contributed by atoms with Crippen molar-refractivity contribution >= 4 is 17.7 Å². The molecule has 0 unspecified atom stereocenters. The fourth-order valence-corrected chi connectivity index (χ4v) is 2.62. The number of hydrogen-bond donors (Lipinski definition) is 1. The van der Waals surface area contributed by atoms with E-state index in [-0.39, 0.29) is 18.0 Å². The standard InChI is InChI=1S/C22H19NO5/c24-19(17-10-5-2-6-11-17)15-28-22(26)18(14-16-8-3-1-4-9-16)23-21(25)20-12-7-13-27-20/h1-13,18H,14-15H2,(H,23,25)/t18-/m0/s1. The molecular formula is C22H19NO5. The summed E-state index contributed by atoms with van der Waals surface area (Å²) >= 11 is 0. The van der Waals surface area contributed by atoms with E-state index >= 15 is 0 Å². The highest BCUT2D eigenvalue weighted by Gasteiger charge is 2.25. The highest BCUT2D eigenvalue weighted by atomic mass is 16.5. The molecular weight excluding hydrogens is 358 g/mol. The van der Waals surface area contributed by atoms with E-state index in [2.05, 4.69) is 5.32 Å². The zero-order chi connectivity index (χ0) is 19.8. The lowest BCUT2D eigenvalue weighted by Crippen LogP contribution is -2.43. The fraction of sp³-hybridized carbons (Fsp3) is 0.136. The van der Waals surface area contributed by atoms with E-state index < -0.39 is 24.5 Å². The first-order valence-electron chi connectivity index (χ1n) is 8.76. The Morgan fingerprint density at radius 2 is 1.57 bits per heavy atom. The molecule has 0 bridgehead atoms. The van der Waals surface area contributed by atoms with Gasteiger partial charge in [-0.3, -0.25) is 9.59 Å². The molecule has 6 nitrogen and oxygen atoms in total. The van der Waals surface area contributed by atoms with Crippen molar-refractivity contribution in [3.05, 3.63) is 95.9 Å². The van der Waals surface area contributed by atoms with Gasteiger partial charge in [0.1, 0.15) is 6.04 Å². The van der Waals surface area contributed by atoms with Gasteiger partial charge in [-0.15, -0.1) is 0 Å². The first-order chi connectivity index (χ1) is 13.6. The quantitative estimate of drug-likeness (QED) is 0.482. The highest BCUT2D eigenvalue weighted by Crippen LogP contribution is 2.08. The van der Waals surface area contributed by atoms with Crippen LogP contribution in [0.2, 0.25) is 0 Å². The van der Waals surface area contributed by atoms with Crippen LogP contribution in [0.1, 0.15) is 26.5 Å². The average molecular weight is 377 g/mol. The molecule has 0 saturated heterocycles. The number of esters is 1. The summed E-state index contributed by atoms with van der Waals surface area (Å²) in [7, 11) is 0. The molecule has 1 N–H and O–H groups in total. The van der Waals surface area contributed by atoms with Crippen molar-refractivity contribution in [3.8, 4) is 0 Å². The predicted octanol–water partition coefficient (Wildman–Crippen LogP) is 3.05. The van der Waals surface area contributed by atoms with Gasteiger partial charge in [0.2, 0.25) is 0 Å². The van der Waals surface area contributed by atoms with E-state index in [1.165, 1.54) is 12.3 Å². The molecule has 142 valence electrons. The van der Waals surface area contributed by atoms with E-state index in [0.29, 0.717) is 5.56 Å². The van der Waals surface area contributed by atoms with Crippen molar-refractivity contribution in [2.75, 3.05) is 6.61 Å². The zero-order valence-corrected chi connectivity index (χ0v) is 15.0. The van der Waals surface area contributed by atoms with E-state index in [9.17, 15) is 14.4 Å². The Morgan fingerprint density at radius 1 is 0.893 bits per heavy atom. The number of benzene rings is 2. The van der Waals surface area contributed by atoms with Crippen molar-refractivity contribution in [1.29, 1.82) is 0 Å². The van der Waals surface area contributed by atoms with Gasteiger partial charge in [-0.25, -0.2) is 4.79 Å². The Labute approximate surface area is 162 Å². The molecule has 3 aromatic rings. The third-order valence-electron chi connectivity index (χ3n) is 4.06. The minimum Gasteiger partial charge on any atom is -0.459 e. The summed E-state index contributed by atoms with van der Waals surface area (Å²) in [5.74, 6) is -1.44.